The molecule has 2 heteroatoms. The van der Waals surface area contributed by atoms with Gasteiger partial charge in [0.05, 0.1) is 0 Å². The summed E-state index contributed by atoms with van der Waals surface area (Å²) in [6.07, 6.45) is 3.90. The third kappa shape index (κ3) is 1.89. The van der Waals surface area contributed by atoms with Crippen LogP contribution in [0.4, 0.5) is 0 Å². The molecule has 0 aromatic carbocycles. The molecule has 3 atom stereocenters. The Morgan fingerprint density at radius 3 is 2.54 bits per heavy atom. The molecule has 1 aliphatic carbocycles. The molecule has 0 spiro atoms. The van der Waals surface area contributed by atoms with E-state index in [0.29, 0.717) is 6.04 Å². The molecule has 2 aliphatic rings. The van der Waals surface area contributed by atoms with Crippen LogP contribution >= 0.6 is 0 Å². The van der Waals surface area contributed by atoms with E-state index in [1.165, 1.54) is 32.4 Å². The van der Waals surface area contributed by atoms with Gasteiger partial charge in [0.1, 0.15) is 0 Å². The first kappa shape index (κ1) is 9.47. The highest BCUT2D eigenvalue weighted by atomic mass is 15.2. The SMILES string of the molecule is CC(C)N1CC2C[C@H](N)CC[C@@H]2C1. The normalized spacial score (nSPS) is 41.1. The summed E-state index contributed by atoms with van der Waals surface area (Å²) in [6.45, 7) is 7.24. The van der Waals surface area contributed by atoms with Gasteiger partial charge >= 0.3 is 0 Å². The van der Waals surface area contributed by atoms with E-state index in [4.69, 9.17) is 5.73 Å². The lowest BCUT2D eigenvalue weighted by molar-refractivity contribution is 0.261. The predicted molar refractivity (Wildman–Crippen MR) is 55.5 cm³/mol. The zero-order valence-electron chi connectivity index (χ0n) is 8.87. The summed E-state index contributed by atoms with van der Waals surface area (Å²) in [6, 6.07) is 1.22. The quantitative estimate of drug-likeness (QED) is 0.665. The first-order chi connectivity index (χ1) is 6.16. The summed E-state index contributed by atoms with van der Waals surface area (Å²) in [7, 11) is 0. The van der Waals surface area contributed by atoms with E-state index < -0.39 is 0 Å². The lowest BCUT2D eigenvalue weighted by Crippen LogP contribution is -2.32. The molecule has 0 radical (unpaired) electrons. The van der Waals surface area contributed by atoms with Crippen molar-refractivity contribution in [3.05, 3.63) is 0 Å². The Bertz CT molecular complexity index is 179. The summed E-state index contributed by atoms with van der Waals surface area (Å²) in [5.41, 5.74) is 5.99. The van der Waals surface area contributed by atoms with Gasteiger partial charge in [-0.25, -0.2) is 0 Å². The van der Waals surface area contributed by atoms with Crippen LogP contribution in [-0.4, -0.2) is 30.1 Å². The van der Waals surface area contributed by atoms with E-state index in [1.54, 1.807) is 0 Å². The van der Waals surface area contributed by atoms with Gasteiger partial charge in [-0.3, -0.25) is 0 Å². The maximum atomic E-state index is 5.99. The zero-order valence-corrected chi connectivity index (χ0v) is 8.87. The molecule has 1 unspecified atom stereocenters. The molecule has 0 bridgehead atoms. The van der Waals surface area contributed by atoms with E-state index >= 15 is 0 Å². The van der Waals surface area contributed by atoms with E-state index in [9.17, 15) is 0 Å². The highest BCUT2D eigenvalue weighted by molar-refractivity contribution is 4.91. The van der Waals surface area contributed by atoms with Crippen molar-refractivity contribution in [1.82, 2.24) is 4.90 Å². The minimum atomic E-state index is 0.494. The third-order valence-electron chi connectivity index (χ3n) is 3.85. The van der Waals surface area contributed by atoms with Crippen molar-refractivity contribution in [1.29, 1.82) is 0 Å². The van der Waals surface area contributed by atoms with Gasteiger partial charge in [0.2, 0.25) is 0 Å². The van der Waals surface area contributed by atoms with E-state index in [2.05, 4.69) is 18.7 Å². The fourth-order valence-electron chi connectivity index (χ4n) is 2.93. The van der Waals surface area contributed by atoms with Gasteiger partial charge < -0.3 is 10.6 Å². The molecule has 2 nitrogen and oxygen atoms in total. The lowest BCUT2D eigenvalue weighted by Gasteiger charge is -2.28. The summed E-state index contributed by atoms with van der Waals surface area (Å²) < 4.78 is 0. The highest BCUT2D eigenvalue weighted by Crippen LogP contribution is 2.36. The summed E-state index contributed by atoms with van der Waals surface area (Å²) in [4.78, 5) is 2.62. The Morgan fingerprint density at radius 1 is 1.15 bits per heavy atom. The summed E-state index contributed by atoms with van der Waals surface area (Å²) >= 11 is 0. The van der Waals surface area contributed by atoms with Crippen LogP contribution in [0.15, 0.2) is 0 Å². The van der Waals surface area contributed by atoms with Crippen LogP contribution in [0.2, 0.25) is 0 Å². The molecule has 13 heavy (non-hydrogen) atoms. The molecule has 0 aromatic heterocycles. The van der Waals surface area contributed by atoms with E-state index in [0.717, 1.165) is 17.9 Å². The number of nitrogens with zero attached hydrogens (tertiary/aromatic N) is 1. The predicted octanol–water partition coefficient (Wildman–Crippen LogP) is 1.45. The maximum Gasteiger partial charge on any atom is 0.00421 e. The molecule has 0 amide bonds. The molecular weight excluding hydrogens is 160 g/mol. The lowest BCUT2D eigenvalue weighted by atomic mass is 9.79. The highest BCUT2D eigenvalue weighted by Gasteiger charge is 2.37. The Labute approximate surface area is 81.5 Å². The average Bonchev–Trinajstić information content (AvgIpc) is 2.46. The Kier molecular flexibility index (Phi) is 2.61. The van der Waals surface area contributed by atoms with Gasteiger partial charge in [-0.05, 0) is 44.9 Å². The van der Waals surface area contributed by atoms with Crippen LogP contribution in [0.5, 0.6) is 0 Å². The standard InChI is InChI=1S/C11H22N2/c1-8(2)13-6-9-3-4-11(12)5-10(9)7-13/h8-11H,3-7,12H2,1-2H3/t9-,10?,11-/m1/s1. The monoisotopic (exact) mass is 182 g/mol. The van der Waals surface area contributed by atoms with Crippen LogP contribution in [0.3, 0.4) is 0 Å². The van der Waals surface area contributed by atoms with Crippen molar-refractivity contribution in [3.8, 4) is 0 Å². The number of hydrogen-bond donors (Lipinski definition) is 1. The number of rotatable bonds is 1. The van der Waals surface area contributed by atoms with E-state index in [-0.39, 0.29) is 0 Å². The van der Waals surface area contributed by atoms with Gasteiger partial charge in [0.15, 0.2) is 0 Å². The van der Waals surface area contributed by atoms with Crippen molar-refractivity contribution >= 4 is 0 Å². The van der Waals surface area contributed by atoms with Crippen molar-refractivity contribution in [3.63, 3.8) is 0 Å². The molecule has 2 N–H and O–H groups in total. The number of likely N-dealkylation sites (tertiary alicyclic amines) is 1. The van der Waals surface area contributed by atoms with Gasteiger partial charge in [-0.15, -0.1) is 0 Å². The molecular formula is C11H22N2. The molecule has 2 rings (SSSR count). The molecule has 76 valence electrons. The van der Waals surface area contributed by atoms with Crippen LogP contribution in [0.1, 0.15) is 33.1 Å². The van der Waals surface area contributed by atoms with Crippen molar-refractivity contribution < 1.29 is 0 Å². The second-order valence-electron chi connectivity index (χ2n) is 5.14. The largest absolute Gasteiger partial charge is 0.328 e. The van der Waals surface area contributed by atoms with E-state index in [1.807, 2.05) is 0 Å². The van der Waals surface area contributed by atoms with Crippen molar-refractivity contribution in [2.24, 2.45) is 17.6 Å². The number of fused-ring (bicyclic) bond motifs is 1. The molecule has 1 heterocycles. The Balaban J connectivity index is 1.94. The molecule has 1 saturated carbocycles. The summed E-state index contributed by atoms with van der Waals surface area (Å²) in [5, 5.41) is 0. The molecule has 1 aliphatic heterocycles. The smallest absolute Gasteiger partial charge is 0.00421 e. The second kappa shape index (κ2) is 3.58. The van der Waals surface area contributed by atoms with Crippen LogP contribution < -0.4 is 5.73 Å². The second-order valence-corrected chi connectivity index (χ2v) is 5.14. The van der Waals surface area contributed by atoms with Crippen LogP contribution in [0, 0.1) is 11.8 Å². The minimum absolute atomic E-state index is 0.494. The number of hydrogen-bond acceptors (Lipinski definition) is 2. The van der Waals surface area contributed by atoms with Crippen molar-refractivity contribution in [2.45, 2.75) is 45.2 Å². The Morgan fingerprint density at radius 2 is 1.85 bits per heavy atom. The molecule has 0 aromatic rings. The fraction of sp³-hybridized carbons (Fsp3) is 1.00. The van der Waals surface area contributed by atoms with Gasteiger partial charge in [-0.2, -0.15) is 0 Å². The fourth-order valence-corrected chi connectivity index (χ4v) is 2.93. The first-order valence-electron chi connectivity index (χ1n) is 5.66. The molecule has 1 saturated heterocycles. The van der Waals surface area contributed by atoms with Gasteiger partial charge in [0.25, 0.3) is 0 Å². The van der Waals surface area contributed by atoms with Gasteiger partial charge in [0, 0.05) is 25.2 Å². The zero-order chi connectivity index (χ0) is 9.42. The van der Waals surface area contributed by atoms with Crippen LogP contribution in [-0.2, 0) is 0 Å². The maximum absolute atomic E-state index is 5.99. The Hall–Kier alpha value is -0.0800. The topological polar surface area (TPSA) is 29.3 Å². The van der Waals surface area contributed by atoms with Crippen molar-refractivity contribution in [2.75, 3.05) is 13.1 Å². The average molecular weight is 182 g/mol. The third-order valence-corrected chi connectivity index (χ3v) is 3.85. The van der Waals surface area contributed by atoms with Crippen LogP contribution in [0.25, 0.3) is 0 Å². The molecule has 2 fully saturated rings. The number of nitrogens with two attached hydrogens (primary N) is 1. The minimum Gasteiger partial charge on any atom is -0.328 e. The summed E-state index contributed by atoms with van der Waals surface area (Å²) in [5.74, 6) is 1.87. The first-order valence-corrected chi connectivity index (χ1v) is 5.66. The van der Waals surface area contributed by atoms with Gasteiger partial charge in [-0.1, -0.05) is 0 Å².